The lowest BCUT2D eigenvalue weighted by Gasteiger charge is -2.42. The first-order chi connectivity index (χ1) is 20.2. The van der Waals surface area contributed by atoms with Crippen molar-refractivity contribution in [2.24, 2.45) is 28.9 Å². The number of benzene rings is 1. The zero-order valence-electron chi connectivity index (χ0n) is 26.5. The van der Waals surface area contributed by atoms with Crippen LogP contribution in [0.4, 0.5) is 8.78 Å². The Morgan fingerprint density at radius 1 is 1.02 bits per heavy atom. The minimum absolute atomic E-state index is 0.0169. The number of hydrogen-bond acceptors (Lipinski definition) is 5. The van der Waals surface area contributed by atoms with Crippen molar-refractivity contribution < 1.29 is 28.3 Å². The van der Waals surface area contributed by atoms with Crippen LogP contribution in [0, 0.1) is 34.8 Å². The van der Waals surface area contributed by atoms with Gasteiger partial charge in [0.1, 0.15) is 11.6 Å². The molecule has 2 unspecified atom stereocenters. The van der Waals surface area contributed by atoms with Gasteiger partial charge in [0.15, 0.2) is 0 Å². The molecule has 3 amide bonds. The van der Waals surface area contributed by atoms with Gasteiger partial charge in [0.25, 0.3) is 0 Å². The van der Waals surface area contributed by atoms with E-state index < -0.39 is 35.0 Å². The number of nitrogens with zero attached hydrogens (tertiary/aromatic N) is 1. The molecule has 2 rings (SSSR count). The molecule has 0 bridgehead atoms. The van der Waals surface area contributed by atoms with Crippen LogP contribution in [0.1, 0.15) is 66.4 Å². The topological polar surface area (TPSA) is 125 Å². The highest BCUT2D eigenvalue weighted by molar-refractivity contribution is 5.97. The van der Waals surface area contributed by atoms with E-state index in [9.17, 15) is 28.3 Å². The molecule has 1 aliphatic rings. The van der Waals surface area contributed by atoms with E-state index in [-0.39, 0.29) is 49.2 Å². The van der Waals surface area contributed by atoms with Gasteiger partial charge in [0, 0.05) is 56.2 Å². The van der Waals surface area contributed by atoms with E-state index in [1.165, 1.54) is 0 Å². The molecule has 4 atom stereocenters. The standard InChI is InChI=1S/C33H50F2N4O4/c1-7-9-39(10-8-2)31(42)25-11-22(5)16-33(17-25,32(36)43)28(14-24-12-26(34)15-27(35)13-24)29(40)20-37-19-23(6)30(41)38-18-21(3)4/h11-13,15-16,21,23,28-29,37,40H,7-10,14,17-20H2,1-6H3,(H2,36,43)(H,38,41)/t23?,28-,29+,33?/m1/s1. The Morgan fingerprint density at radius 2 is 1.63 bits per heavy atom. The lowest BCUT2D eigenvalue weighted by molar-refractivity contribution is -0.132. The van der Waals surface area contributed by atoms with Crippen LogP contribution in [0.25, 0.3) is 0 Å². The van der Waals surface area contributed by atoms with Gasteiger partial charge >= 0.3 is 0 Å². The number of halogens is 2. The quantitative estimate of drug-likeness (QED) is 0.215. The maximum absolute atomic E-state index is 14.2. The van der Waals surface area contributed by atoms with Gasteiger partial charge in [-0.1, -0.05) is 52.3 Å². The summed E-state index contributed by atoms with van der Waals surface area (Å²) in [5.74, 6) is -3.67. The van der Waals surface area contributed by atoms with Crippen LogP contribution in [0.5, 0.6) is 0 Å². The fourth-order valence-electron chi connectivity index (χ4n) is 5.72. The lowest BCUT2D eigenvalue weighted by Crippen LogP contribution is -2.52. The number of aliphatic hydroxyl groups is 1. The molecular weight excluding hydrogens is 554 g/mol. The van der Waals surface area contributed by atoms with Crippen molar-refractivity contribution in [2.75, 3.05) is 32.7 Å². The first-order valence-electron chi connectivity index (χ1n) is 15.3. The molecule has 1 aromatic carbocycles. The molecule has 43 heavy (non-hydrogen) atoms. The molecule has 0 aliphatic heterocycles. The molecule has 8 nitrogen and oxygen atoms in total. The highest BCUT2D eigenvalue weighted by Crippen LogP contribution is 2.44. The molecule has 0 aromatic heterocycles. The third-order valence-corrected chi connectivity index (χ3v) is 7.82. The number of amides is 3. The van der Waals surface area contributed by atoms with Crippen LogP contribution in [0.15, 0.2) is 41.5 Å². The summed E-state index contributed by atoms with van der Waals surface area (Å²) >= 11 is 0. The molecule has 10 heteroatoms. The van der Waals surface area contributed by atoms with Crippen molar-refractivity contribution in [2.45, 2.75) is 73.3 Å². The van der Waals surface area contributed by atoms with E-state index in [0.717, 1.165) is 31.0 Å². The summed E-state index contributed by atoms with van der Waals surface area (Å²) in [5, 5.41) is 17.6. The second-order valence-electron chi connectivity index (χ2n) is 12.3. The lowest BCUT2D eigenvalue weighted by atomic mass is 9.63. The van der Waals surface area contributed by atoms with Crippen molar-refractivity contribution in [1.29, 1.82) is 0 Å². The third-order valence-electron chi connectivity index (χ3n) is 7.82. The van der Waals surface area contributed by atoms with E-state index >= 15 is 0 Å². The number of aliphatic hydroxyl groups excluding tert-OH is 1. The Morgan fingerprint density at radius 3 is 2.16 bits per heavy atom. The molecule has 0 saturated heterocycles. The van der Waals surface area contributed by atoms with Crippen molar-refractivity contribution in [3.63, 3.8) is 0 Å². The van der Waals surface area contributed by atoms with Crippen LogP contribution in [0.3, 0.4) is 0 Å². The van der Waals surface area contributed by atoms with E-state index in [1.54, 1.807) is 30.9 Å². The van der Waals surface area contributed by atoms with Crippen molar-refractivity contribution >= 4 is 17.7 Å². The predicted molar refractivity (Wildman–Crippen MR) is 165 cm³/mol. The smallest absolute Gasteiger partial charge is 0.249 e. The number of nitrogens with one attached hydrogen (secondary N) is 2. The molecule has 0 spiro atoms. The number of hydrogen-bond donors (Lipinski definition) is 4. The molecule has 0 radical (unpaired) electrons. The van der Waals surface area contributed by atoms with Gasteiger partial charge in [-0.25, -0.2) is 8.78 Å². The monoisotopic (exact) mass is 604 g/mol. The van der Waals surface area contributed by atoms with E-state index in [0.29, 0.717) is 36.7 Å². The van der Waals surface area contributed by atoms with Gasteiger partial charge in [-0.3, -0.25) is 14.4 Å². The van der Waals surface area contributed by atoms with Crippen LogP contribution >= 0.6 is 0 Å². The minimum Gasteiger partial charge on any atom is -0.391 e. The Labute approximate surface area is 255 Å². The van der Waals surface area contributed by atoms with Crippen molar-refractivity contribution in [3.05, 3.63) is 58.7 Å². The second kappa shape index (κ2) is 16.7. The summed E-state index contributed by atoms with van der Waals surface area (Å²) in [6.07, 6.45) is 3.58. The van der Waals surface area contributed by atoms with Crippen molar-refractivity contribution in [1.82, 2.24) is 15.5 Å². The molecule has 1 aromatic rings. The average Bonchev–Trinajstić information content (AvgIpc) is 2.92. The zero-order valence-corrected chi connectivity index (χ0v) is 26.5. The maximum atomic E-state index is 14.2. The maximum Gasteiger partial charge on any atom is 0.249 e. The SMILES string of the molecule is CCCN(CCC)C(=O)C1=CC(C)=CC(C(N)=O)([C@H](Cc2cc(F)cc(F)c2)[C@@H](O)CNCC(C)C(=O)NCC(C)C)C1. The van der Waals surface area contributed by atoms with Crippen LogP contribution in [-0.4, -0.2) is 66.6 Å². The molecule has 1 aliphatic carbocycles. The Kier molecular flexibility index (Phi) is 14.0. The summed E-state index contributed by atoms with van der Waals surface area (Å²) < 4.78 is 28.4. The largest absolute Gasteiger partial charge is 0.391 e. The van der Waals surface area contributed by atoms with Gasteiger partial charge in [-0.15, -0.1) is 0 Å². The molecule has 5 N–H and O–H groups in total. The van der Waals surface area contributed by atoms with Gasteiger partial charge in [-0.2, -0.15) is 0 Å². The summed E-state index contributed by atoms with van der Waals surface area (Å²) in [7, 11) is 0. The minimum atomic E-state index is -1.52. The van der Waals surface area contributed by atoms with Gasteiger partial charge in [-0.05, 0) is 56.2 Å². The number of carbonyl (C=O) groups excluding carboxylic acids is 3. The summed E-state index contributed by atoms with van der Waals surface area (Å²) in [6, 6.07) is 3.08. The third kappa shape index (κ3) is 10.2. The Balaban J connectivity index is 2.43. The Bertz CT molecular complexity index is 1160. The zero-order chi connectivity index (χ0) is 32.3. The second-order valence-corrected chi connectivity index (χ2v) is 12.3. The van der Waals surface area contributed by atoms with E-state index in [2.05, 4.69) is 10.6 Å². The first kappa shape index (κ1) is 36.1. The molecule has 0 heterocycles. The molecular formula is C33H50F2N4O4. The number of allylic oxidation sites excluding steroid dienone is 2. The predicted octanol–water partition coefficient (Wildman–Crippen LogP) is 3.88. The van der Waals surface area contributed by atoms with E-state index in [4.69, 9.17) is 5.73 Å². The van der Waals surface area contributed by atoms with Crippen molar-refractivity contribution in [3.8, 4) is 0 Å². The molecule has 0 saturated carbocycles. The van der Waals surface area contributed by atoms with Crippen LogP contribution in [0.2, 0.25) is 0 Å². The normalized spacial score (nSPS) is 18.8. The summed E-state index contributed by atoms with van der Waals surface area (Å²) in [6.45, 7) is 13.4. The summed E-state index contributed by atoms with van der Waals surface area (Å²) in [5.41, 5.74) is 5.84. The van der Waals surface area contributed by atoms with Gasteiger partial charge in [0.05, 0.1) is 11.5 Å². The highest BCUT2D eigenvalue weighted by atomic mass is 19.1. The Hall–Kier alpha value is -3.11. The fourth-order valence-corrected chi connectivity index (χ4v) is 5.72. The highest BCUT2D eigenvalue weighted by Gasteiger charge is 2.48. The number of primary amides is 1. The average molecular weight is 605 g/mol. The number of carbonyl (C=O) groups is 3. The van der Waals surface area contributed by atoms with Gasteiger partial charge < -0.3 is 26.4 Å². The molecule has 0 fully saturated rings. The number of rotatable bonds is 17. The van der Waals surface area contributed by atoms with Crippen LogP contribution < -0.4 is 16.4 Å². The summed E-state index contributed by atoms with van der Waals surface area (Å²) in [4.78, 5) is 41.2. The van der Waals surface area contributed by atoms with Crippen LogP contribution in [-0.2, 0) is 20.8 Å². The fraction of sp³-hybridized carbons (Fsp3) is 0.606. The van der Waals surface area contributed by atoms with E-state index in [1.807, 2.05) is 27.7 Å². The number of nitrogens with two attached hydrogens (primary N) is 1. The van der Waals surface area contributed by atoms with Gasteiger partial charge in [0.2, 0.25) is 17.7 Å². The molecule has 240 valence electrons. The first-order valence-corrected chi connectivity index (χ1v) is 15.3.